The van der Waals surface area contributed by atoms with Gasteiger partial charge in [0.2, 0.25) is 0 Å². The predicted octanol–water partition coefficient (Wildman–Crippen LogP) is 2.98. The van der Waals surface area contributed by atoms with Gasteiger partial charge in [0.15, 0.2) is 0 Å². The van der Waals surface area contributed by atoms with E-state index in [1.165, 1.54) is 37.8 Å². The lowest BCUT2D eigenvalue weighted by atomic mass is 9.89. The van der Waals surface area contributed by atoms with E-state index in [1.54, 1.807) is 0 Å². The predicted molar refractivity (Wildman–Crippen MR) is 61.2 cm³/mol. The normalized spacial score (nSPS) is 34.9. The van der Waals surface area contributed by atoms with Gasteiger partial charge in [0.1, 0.15) is 0 Å². The standard InChI is InChI=1S/C13H23N/c1-10(2)5-6-14-9-13-8-11-3-4-12(13)7-11/h5,11-14H,3-4,6-9H2,1-2H3. The van der Waals surface area contributed by atoms with E-state index in [2.05, 4.69) is 25.2 Å². The molecule has 0 aromatic carbocycles. The Morgan fingerprint density at radius 2 is 2.14 bits per heavy atom. The molecule has 0 aliphatic heterocycles. The van der Waals surface area contributed by atoms with Gasteiger partial charge in [-0.05, 0) is 57.4 Å². The van der Waals surface area contributed by atoms with Crippen LogP contribution >= 0.6 is 0 Å². The van der Waals surface area contributed by atoms with Gasteiger partial charge in [0.25, 0.3) is 0 Å². The van der Waals surface area contributed by atoms with Crippen LogP contribution in [0.2, 0.25) is 0 Å². The van der Waals surface area contributed by atoms with Crippen LogP contribution in [-0.2, 0) is 0 Å². The smallest absolute Gasteiger partial charge is 0.0137 e. The molecule has 80 valence electrons. The van der Waals surface area contributed by atoms with Crippen molar-refractivity contribution in [2.75, 3.05) is 13.1 Å². The van der Waals surface area contributed by atoms with Gasteiger partial charge >= 0.3 is 0 Å². The maximum absolute atomic E-state index is 3.57. The molecule has 2 saturated carbocycles. The fourth-order valence-corrected chi connectivity index (χ4v) is 3.17. The first-order valence-corrected chi connectivity index (χ1v) is 6.10. The summed E-state index contributed by atoms with van der Waals surface area (Å²) in [5, 5.41) is 3.57. The molecule has 0 aromatic rings. The van der Waals surface area contributed by atoms with Gasteiger partial charge in [0, 0.05) is 6.54 Å². The van der Waals surface area contributed by atoms with Crippen LogP contribution < -0.4 is 5.32 Å². The molecule has 0 heterocycles. The molecule has 2 aliphatic carbocycles. The second-order valence-electron chi connectivity index (χ2n) is 5.37. The number of nitrogens with one attached hydrogen (secondary N) is 1. The molecule has 0 radical (unpaired) electrons. The van der Waals surface area contributed by atoms with E-state index in [0.29, 0.717) is 0 Å². The summed E-state index contributed by atoms with van der Waals surface area (Å²) in [7, 11) is 0. The number of rotatable bonds is 4. The summed E-state index contributed by atoms with van der Waals surface area (Å²) in [4.78, 5) is 0. The fourth-order valence-electron chi connectivity index (χ4n) is 3.17. The topological polar surface area (TPSA) is 12.0 Å². The van der Waals surface area contributed by atoms with Crippen LogP contribution in [0.4, 0.5) is 0 Å². The van der Waals surface area contributed by atoms with Crippen LogP contribution in [0.1, 0.15) is 39.5 Å². The molecule has 3 atom stereocenters. The Morgan fingerprint density at radius 1 is 1.29 bits per heavy atom. The molecule has 0 spiro atoms. The minimum Gasteiger partial charge on any atom is -0.313 e. The van der Waals surface area contributed by atoms with Crippen molar-refractivity contribution in [1.29, 1.82) is 0 Å². The molecule has 2 bridgehead atoms. The Labute approximate surface area is 88.0 Å². The van der Waals surface area contributed by atoms with Crippen LogP contribution in [-0.4, -0.2) is 13.1 Å². The first kappa shape index (κ1) is 10.2. The van der Waals surface area contributed by atoms with E-state index >= 15 is 0 Å². The maximum Gasteiger partial charge on any atom is 0.0137 e. The molecule has 1 heteroatoms. The van der Waals surface area contributed by atoms with Crippen molar-refractivity contribution in [2.24, 2.45) is 17.8 Å². The molecule has 1 N–H and O–H groups in total. The van der Waals surface area contributed by atoms with Crippen molar-refractivity contribution >= 4 is 0 Å². The second-order valence-corrected chi connectivity index (χ2v) is 5.37. The SMILES string of the molecule is CC(C)=CCNCC1CC2CCC1C2. The third-order valence-corrected chi connectivity index (χ3v) is 3.95. The first-order chi connectivity index (χ1) is 6.75. The number of allylic oxidation sites excluding steroid dienone is 1. The van der Waals surface area contributed by atoms with E-state index in [1.807, 2.05) is 0 Å². The zero-order valence-corrected chi connectivity index (χ0v) is 9.55. The van der Waals surface area contributed by atoms with Gasteiger partial charge < -0.3 is 5.32 Å². The highest BCUT2D eigenvalue weighted by atomic mass is 14.9. The number of hydrogen-bond donors (Lipinski definition) is 1. The summed E-state index contributed by atoms with van der Waals surface area (Å²) in [5.41, 5.74) is 1.42. The molecule has 0 amide bonds. The van der Waals surface area contributed by atoms with Crippen LogP contribution in [0, 0.1) is 17.8 Å². The molecule has 2 aliphatic rings. The van der Waals surface area contributed by atoms with Crippen LogP contribution in [0.5, 0.6) is 0 Å². The van der Waals surface area contributed by atoms with Gasteiger partial charge in [0.05, 0.1) is 0 Å². The van der Waals surface area contributed by atoms with Crippen LogP contribution in [0.15, 0.2) is 11.6 Å². The lowest BCUT2D eigenvalue weighted by Crippen LogP contribution is -2.26. The van der Waals surface area contributed by atoms with Crippen molar-refractivity contribution in [2.45, 2.75) is 39.5 Å². The molecule has 2 rings (SSSR count). The molecule has 3 unspecified atom stereocenters. The minimum atomic E-state index is 0.999. The van der Waals surface area contributed by atoms with Crippen LogP contribution in [0.25, 0.3) is 0 Å². The maximum atomic E-state index is 3.57. The largest absolute Gasteiger partial charge is 0.313 e. The highest BCUT2D eigenvalue weighted by Gasteiger charge is 2.38. The summed E-state index contributed by atoms with van der Waals surface area (Å²) >= 11 is 0. The lowest BCUT2D eigenvalue weighted by molar-refractivity contribution is 0.323. The van der Waals surface area contributed by atoms with E-state index in [0.717, 1.165) is 24.3 Å². The van der Waals surface area contributed by atoms with Crippen LogP contribution in [0.3, 0.4) is 0 Å². The lowest BCUT2D eigenvalue weighted by Gasteiger charge is -2.21. The van der Waals surface area contributed by atoms with Gasteiger partial charge in [-0.1, -0.05) is 18.1 Å². The highest BCUT2D eigenvalue weighted by molar-refractivity contribution is 4.95. The molecule has 14 heavy (non-hydrogen) atoms. The Bertz CT molecular complexity index is 215. The van der Waals surface area contributed by atoms with Crippen molar-refractivity contribution in [3.63, 3.8) is 0 Å². The summed E-state index contributed by atoms with van der Waals surface area (Å²) in [5.74, 6) is 3.16. The zero-order valence-electron chi connectivity index (χ0n) is 9.55. The summed E-state index contributed by atoms with van der Waals surface area (Å²) < 4.78 is 0. The van der Waals surface area contributed by atoms with E-state index < -0.39 is 0 Å². The van der Waals surface area contributed by atoms with Gasteiger partial charge in [-0.3, -0.25) is 0 Å². The average molecular weight is 193 g/mol. The fraction of sp³-hybridized carbons (Fsp3) is 0.846. The van der Waals surface area contributed by atoms with Crippen molar-refractivity contribution in [3.8, 4) is 0 Å². The van der Waals surface area contributed by atoms with Gasteiger partial charge in [-0.15, -0.1) is 0 Å². The zero-order chi connectivity index (χ0) is 9.97. The average Bonchev–Trinajstić information content (AvgIpc) is 2.73. The van der Waals surface area contributed by atoms with Gasteiger partial charge in [-0.2, -0.15) is 0 Å². The monoisotopic (exact) mass is 193 g/mol. The molecule has 1 nitrogen and oxygen atoms in total. The summed E-state index contributed by atoms with van der Waals surface area (Å²) in [6.45, 7) is 6.65. The van der Waals surface area contributed by atoms with E-state index in [-0.39, 0.29) is 0 Å². The van der Waals surface area contributed by atoms with E-state index in [4.69, 9.17) is 0 Å². The molecule has 0 saturated heterocycles. The summed E-state index contributed by atoms with van der Waals surface area (Å²) in [6, 6.07) is 0. The summed E-state index contributed by atoms with van der Waals surface area (Å²) in [6.07, 6.45) is 8.36. The first-order valence-electron chi connectivity index (χ1n) is 6.10. The third kappa shape index (κ3) is 2.38. The minimum absolute atomic E-state index is 0.999. The third-order valence-electron chi connectivity index (χ3n) is 3.95. The Morgan fingerprint density at radius 3 is 2.71 bits per heavy atom. The highest BCUT2D eigenvalue weighted by Crippen LogP contribution is 2.47. The van der Waals surface area contributed by atoms with Crippen molar-refractivity contribution in [3.05, 3.63) is 11.6 Å². The number of fused-ring (bicyclic) bond motifs is 2. The molecular weight excluding hydrogens is 170 g/mol. The second kappa shape index (κ2) is 4.48. The Kier molecular flexibility index (Phi) is 3.27. The molecule has 0 aromatic heterocycles. The van der Waals surface area contributed by atoms with Crippen molar-refractivity contribution < 1.29 is 0 Å². The van der Waals surface area contributed by atoms with Gasteiger partial charge in [-0.25, -0.2) is 0 Å². The quantitative estimate of drug-likeness (QED) is 0.534. The molecular formula is C13H23N. The molecule has 2 fully saturated rings. The number of hydrogen-bond acceptors (Lipinski definition) is 1. The Balaban J connectivity index is 1.65. The Hall–Kier alpha value is -0.300. The van der Waals surface area contributed by atoms with E-state index in [9.17, 15) is 0 Å². The van der Waals surface area contributed by atoms with Crippen molar-refractivity contribution in [1.82, 2.24) is 5.32 Å².